The number of aryl methyl sites for hydroxylation is 1. The van der Waals surface area contributed by atoms with E-state index in [2.05, 4.69) is 48.3 Å². The summed E-state index contributed by atoms with van der Waals surface area (Å²) in [5, 5.41) is 12.4. The van der Waals surface area contributed by atoms with E-state index in [0.29, 0.717) is 24.3 Å². The number of aliphatic hydroxyl groups excluding tert-OH is 1. The van der Waals surface area contributed by atoms with Gasteiger partial charge in [0, 0.05) is 43.3 Å². The van der Waals surface area contributed by atoms with Crippen LogP contribution >= 0.6 is 23.1 Å². The van der Waals surface area contributed by atoms with E-state index in [0.717, 1.165) is 46.6 Å². The first-order valence-electron chi connectivity index (χ1n) is 10.9. The van der Waals surface area contributed by atoms with Crippen LogP contribution in [-0.4, -0.2) is 69.3 Å². The van der Waals surface area contributed by atoms with E-state index in [1.54, 1.807) is 23.1 Å². The third-order valence-electron chi connectivity index (χ3n) is 5.40. The highest BCUT2D eigenvalue weighted by molar-refractivity contribution is 8.01. The summed E-state index contributed by atoms with van der Waals surface area (Å²) in [5.41, 5.74) is 1.96. The minimum Gasteiger partial charge on any atom is -0.395 e. The Bertz CT molecular complexity index is 1190. The Morgan fingerprint density at radius 1 is 0.970 bits per heavy atom. The molecule has 0 radical (unpaired) electrons. The average molecular weight is 480 g/mol. The molecule has 170 valence electrons. The first kappa shape index (κ1) is 22.0. The number of hydrogen-bond donors (Lipinski definition) is 2. The van der Waals surface area contributed by atoms with Gasteiger partial charge in [0.25, 0.3) is 0 Å². The van der Waals surface area contributed by atoms with Crippen LogP contribution in [0, 0.1) is 6.92 Å². The van der Waals surface area contributed by atoms with Gasteiger partial charge >= 0.3 is 0 Å². The normalized spacial score (nSPS) is 14.7. The summed E-state index contributed by atoms with van der Waals surface area (Å²) in [6.45, 7) is 6.24. The van der Waals surface area contributed by atoms with Crippen molar-refractivity contribution in [2.24, 2.45) is 0 Å². The Balaban J connectivity index is 1.24. The number of para-hydroxylation sites is 1. The number of anilines is 3. The molecule has 0 bridgehead atoms. The highest BCUT2D eigenvalue weighted by Crippen LogP contribution is 2.34. The minimum absolute atomic E-state index is 0.191. The van der Waals surface area contributed by atoms with Gasteiger partial charge in [-0.1, -0.05) is 23.9 Å². The topological polar surface area (TPSA) is 90.3 Å². The lowest BCUT2D eigenvalue weighted by Crippen LogP contribution is -2.47. The predicted molar refractivity (Wildman–Crippen MR) is 134 cm³/mol. The van der Waals surface area contributed by atoms with Crippen molar-refractivity contribution in [3.05, 3.63) is 54.4 Å². The Labute approximate surface area is 200 Å². The number of aliphatic hydroxyl groups is 1. The van der Waals surface area contributed by atoms with Gasteiger partial charge in [-0.15, -0.1) is 11.3 Å². The Morgan fingerprint density at radius 2 is 1.76 bits per heavy atom. The second-order valence-electron chi connectivity index (χ2n) is 7.76. The minimum atomic E-state index is 0.191. The van der Waals surface area contributed by atoms with Gasteiger partial charge in [0.15, 0.2) is 4.34 Å². The number of piperazine rings is 1. The zero-order valence-electron chi connectivity index (χ0n) is 18.3. The monoisotopic (exact) mass is 479 g/mol. The van der Waals surface area contributed by atoms with Gasteiger partial charge in [-0.2, -0.15) is 15.0 Å². The summed E-state index contributed by atoms with van der Waals surface area (Å²) in [5.74, 6) is 1.92. The number of β-amino-alcohol motifs (C(OH)–C–C–N with tert-alkyl or cyclic N) is 1. The zero-order valence-corrected chi connectivity index (χ0v) is 19.9. The summed E-state index contributed by atoms with van der Waals surface area (Å²) in [6.07, 6.45) is 0. The van der Waals surface area contributed by atoms with Gasteiger partial charge in [0.05, 0.1) is 16.8 Å². The first-order valence-corrected chi connectivity index (χ1v) is 12.5. The molecule has 2 aromatic carbocycles. The molecule has 0 saturated carbocycles. The van der Waals surface area contributed by atoms with Crippen LogP contribution in [0.5, 0.6) is 0 Å². The lowest BCUT2D eigenvalue weighted by atomic mass is 10.3. The Morgan fingerprint density at radius 3 is 2.52 bits per heavy atom. The molecule has 1 aliphatic heterocycles. The van der Waals surface area contributed by atoms with Crippen LogP contribution in [0.3, 0.4) is 0 Å². The van der Waals surface area contributed by atoms with Gasteiger partial charge in [-0.05, 0) is 43.3 Å². The Hall–Kier alpha value is -2.79. The van der Waals surface area contributed by atoms with Gasteiger partial charge in [-0.25, -0.2) is 4.98 Å². The van der Waals surface area contributed by atoms with E-state index < -0.39 is 0 Å². The fourth-order valence-electron chi connectivity index (χ4n) is 3.71. The number of benzene rings is 2. The molecule has 5 rings (SSSR count). The number of rotatable bonds is 7. The number of nitrogens with zero attached hydrogens (tertiary/aromatic N) is 6. The van der Waals surface area contributed by atoms with E-state index >= 15 is 0 Å². The summed E-state index contributed by atoms with van der Waals surface area (Å²) >= 11 is 3.38. The van der Waals surface area contributed by atoms with Crippen molar-refractivity contribution in [3.63, 3.8) is 0 Å². The lowest BCUT2D eigenvalue weighted by Gasteiger charge is -2.34. The van der Waals surface area contributed by atoms with Gasteiger partial charge in [0.2, 0.25) is 11.9 Å². The maximum Gasteiger partial charge on any atom is 0.232 e. The third-order valence-corrected chi connectivity index (χ3v) is 7.50. The van der Waals surface area contributed by atoms with Crippen LogP contribution < -0.4 is 10.2 Å². The molecule has 0 unspecified atom stereocenters. The standard InChI is InChI=1S/C23H25N7OS2/c1-16-24-21(28-22(25-16)30-12-10-29(11-13-30)14-15-31)26-17-6-8-18(9-7-17)32-23-27-19-4-2-3-5-20(19)33-23/h2-9,31H,10-15H2,1H3,(H,24,25,26,28). The summed E-state index contributed by atoms with van der Waals surface area (Å²) in [7, 11) is 0. The van der Waals surface area contributed by atoms with E-state index in [4.69, 9.17) is 10.1 Å². The van der Waals surface area contributed by atoms with E-state index in [9.17, 15) is 0 Å². The fraction of sp³-hybridized carbons (Fsp3) is 0.304. The van der Waals surface area contributed by atoms with Crippen molar-refractivity contribution in [3.8, 4) is 0 Å². The summed E-state index contributed by atoms with van der Waals surface area (Å²) in [4.78, 5) is 23.9. The number of aromatic nitrogens is 4. The molecule has 0 amide bonds. The molecule has 8 nitrogen and oxygen atoms in total. The first-order chi connectivity index (χ1) is 16.2. The van der Waals surface area contributed by atoms with E-state index in [-0.39, 0.29) is 6.61 Å². The van der Waals surface area contributed by atoms with Gasteiger partial charge in [0.1, 0.15) is 5.82 Å². The molecule has 1 saturated heterocycles. The third kappa shape index (κ3) is 5.41. The second-order valence-corrected chi connectivity index (χ2v) is 10.1. The fourth-order valence-corrected chi connectivity index (χ4v) is 5.75. The highest BCUT2D eigenvalue weighted by atomic mass is 32.2. The van der Waals surface area contributed by atoms with Crippen LogP contribution in [0.15, 0.2) is 57.8 Å². The van der Waals surface area contributed by atoms with Crippen LogP contribution in [0.1, 0.15) is 5.82 Å². The maximum atomic E-state index is 9.13. The molecule has 10 heteroatoms. The molecule has 1 fully saturated rings. The molecular weight excluding hydrogens is 454 g/mol. The molecule has 2 N–H and O–H groups in total. The molecule has 4 aromatic rings. The van der Waals surface area contributed by atoms with Crippen molar-refractivity contribution in [2.75, 3.05) is 49.5 Å². The number of thiazole rings is 1. The van der Waals surface area contributed by atoms with Crippen molar-refractivity contribution in [1.29, 1.82) is 0 Å². The molecule has 1 aliphatic rings. The van der Waals surface area contributed by atoms with Gasteiger partial charge in [-0.3, -0.25) is 4.90 Å². The zero-order chi connectivity index (χ0) is 22.6. The second kappa shape index (κ2) is 10.0. The molecule has 0 spiro atoms. The van der Waals surface area contributed by atoms with Crippen molar-refractivity contribution in [1.82, 2.24) is 24.8 Å². The highest BCUT2D eigenvalue weighted by Gasteiger charge is 2.19. The lowest BCUT2D eigenvalue weighted by molar-refractivity contribution is 0.188. The van der Waals surface area contributed by atoms with Crippen LogP contribution in [0.4, 0.5) is 17.6 Å². The van der Waals surface area contributed by atoms with Crippen molar-refractivity contribution in [2.45, 2.75) is 16.2 Å². The van der Waals surface area contributed by atoms with E-state index in [1.165, 1.54) is 4.70 Å². The van der Waals surface area contributed by atoms with Crippen LogP contribution in [0.2, 0.25) is 0 Å². The van der Waals surface area contributed by atoms with Crippen molar-refractivity contribution >= 4 is 50.9 Å². The molecule has 0 aliphatic carbocycles. The molecule has 3 heterocycles. The molecule has 2 aromatic heterocycles. The Kier molecular flexibility index (Phi) is 6.68. The number of hydrogen-bond acceptors (Lipinski definition) is 10. The number of nitrogens with one attached hydrogen (secondary N) is 1. The van der Waals surface area contributed by atoms with Gasteiger partial charge < -0.3 is 15.3 Å². The van der Waals surface area contributed by atoms with Crippen LogP contribution in [-0.2, 0) is 0 Å². The molecule has 0 atom stereocenters. The largest absolute Gasteiger partial charge is 0.395 e. The quantitative estimate of drug-likeness (QED) is 0.411. The van der Waals surface area contributed by atoms with Crippen molar-refractivity contribution < 1.29 is 5.11 Å². The summed E-state index contributed by atoms with van der Waals surface area (Å²) < 4.78 is 2.24. The molecular formula is C23H25N7OS2. The molecule has 33 heavy (non-hydrogen) atoms. The number of fused-ring (bicyclic) bond motifs is 1. The smallest absolute Gasteiger partial charge is 0.232 e. The average Bonchev–Trinajstić information content (AvgIpc) is 3.23. The summed E-state index contributed by atoms with van der Waals surface area (Å²) in [6, 6.07) is 16.4. The van der Waals surface area contributed by atoms with Crippen LogP contribution in [0.25, 0.3) is 10.2 Å². The van der Waals surface area contributed by atoms with E-state index in [1.807, 2.05) is 37.3 Å². The maximum absolute atomic E-state index is 9.13. The predicted octanol–water partition coefficient (Wildman–Crippen LogP) is 3.80. The SMILES string of the molecule is Cc1nc(Nc2ccc(Sc3nc4ccccc4s3)cc2)nc(N2CCN(CCO)CC2)n1.